The number of rotatable bonds is 16. The first-order valence-electron chi connectivity index (χ1n) is 15.4. The molecule has 0 spiro atoms. The number of likely N-dealkylation sites (N-methyl/N-ethyl adjacent to an activating group) is 1. The van der Waals surface area contributed by atoms with E-state index in [4.69, 9.17) is 14.2 Å². The maximum atomic E-state index is 13.6. The molecule has 13 nitrogen and oxygen atoms in total. The van der Waals surface area contributed by atoms with Gasteiger partial charge in [-0.15, -0.1) is 5.10 Å². The number of aryl methyl sites for hydroxylation is 2. The lowest BCUT2D eigenvalue weighted by atomic mass is 10.2. The summed E-state index contributed by atoms with van der Waals surface area (Å²) in [5.74, 6) is 1.50. The number of aromatic nitrogens is 4. The van der Waals surface area contributed by atoms with Crippen LogP contribution in [0.25, 0.3) is 16.9 Å². The number of unbranched alkanes of at least 4 members (excludes halogenated alkanes) is 1. The largest absolute Gasteiger partial charge is 0.493 e. The molecule has 2 aromatic heterocycles. The Bertz CT molecular complexity index is 1850. The summed E-state index contributed by atoms with van der Waals surface area (Å²) in [6.45, 7) is 10.8. The molecule has 4 rings (SSSR count). The van der Waals surface area contributed by atoms with Crippen LogP contribution in [0.3, 0.4) is 0 Å². The first-order chi connectivity index (χ1) is 22.1. The molecule has 1 amide bonds. The molecule has 0 saturated carbocycles. The number of carbonyl (C=O) groups excluding carboxylic acids is 1. The third-order valence-corrected chi connectivity index (χ3v) is 8.69. The number of hydrogen-bond donors (Lipinski definition) is 2. The van der Waals surface area contributed by atoms with Gasteiger partial charge in [-0.1, -0.05) is 20.3 Å². The van der Waals surface area contributed by atoms with Crippen molar-refractivity contribution in [3.63, 3.8) is 0 Å². The molecular weight excluding hydrogens is 612 g/mol. The Morgan fingerprint density at radius 1 is 1.02 bits per heavy atom. The van der Waals surface area contributed by atoms with Gasteiger partial charge in [0, 0.05) is 25.6 Å². The average molecular weight is 655 g/mol. The number of imidazole rings is 1. The number of amides is 1. The number of carbonyl (C=O) groups is 1. The number of H-pyrrole nitrogens is 1. The molecule has 0 fully saturated rings. The van der Waals surface area contributed by atoms with Gasteiger partial charge < -0.3 is 24.1 Å². The Kier molecular flexibility index (Phi) is 11.3. The van der Waals surface area contributed by atoms with Gasteiger partial charge in [0.25, 0.3) is 21.5 Å². The lowest BCUT2D eigenvalue weighted by molar-refractivity contribution is -0.133. The second-order valence-electron chi connectivity index (χ2n) is 10.6. The van der Waals surface area contributed by atoms with E-state index < -0.39 is 15.6 Å². The van der Waals surface area contributed by atoms with E-state index in [9.17, 15) is 18.0 Å². The topological polar surface area (TPSA) is 157 Å². The highest BCUT2D eigenvalue weighted by atomic mass is 32.2. The van der Waals surface area contributed by atoms with E-state index in [1.54, 1.807) is 24.8 Å². The van der Waals surface area contributed by atoms with E-state index in [0.29, 0.717) is 60.2 Å². The highest BCUT2D eigenvalue weighted by Crippen LogP contribution is 2.33. The van der Waals surface area contributed by atoms with Gasteiger partial charge >= 0.3 is 0 Å². The molecule has 0 atom stereocenters. The molecule has 0 saturated heterocycles. The molecule has 0 aliphatic heterocycles. The van der Waals surface area contributed by atoms with Crippen molar-refractivity contribution in [3.8, 4) is 28.6 Å². The highest BCUT2D eigenvalue weighted by molar-refractivity contribution is 7.92. The van der Waals surface area contributed by atoms with Gasteiger partial charge in [0.1, 0.15) is 11.6 Å². The minimum Gasteiger partial charge on any atom is -0.493 e. The lowest BCUT2D eigenvalue weighted by Gasteiger charge is -2.21. The quantitative estimate of drug-likeness (QED) is 0.176. The molecule has 0 unspecified atom stereocenters. The zero-order chi connectivity index (χ0) is 33.4. The molecule has 46 heavy (non-hydrogen) atoms. The number of fused-ring (bicyclic) bond motifs is 1. The van der Waals surface area contributed by atoms with Crippen LogP contribution in [0, 0.1) is 6.92 Å². The summed E-state index contributed by atoms with van der Waals surface area (Å²) in [4.78, 5) is 34.7. The van der Waals surface area contributed by atoms with Crippen molar-refractivity contribution in [2.24, 2.45) is 0 Å². The van der Waals surface area contributed by atoms with Crippen LogP contribution in [0.2, 0.25) is 0 Å². The smallest absolute Gasteiger partial charge is 0.277 e. The van der Waals surface area contributed by atoms with Gasteiger partial charge in [-0.25, -0.2) is 17.9 Å². The summed E-state index contributed by atoms with van der Waals surface area (Å²) in [6.07, 6.45) is 3.26. The summed E-state index contributed by atoms with van der Waals surface area (Å²) < 4.78 is 48.3. The van der Waals surface area contributed by atoms with Crippen molar-refractivity contribution in [1.29, 1.82) is 0 Å². The molecule has 248 valence electrons. The molecule has 2 heterocycles. The minimum atomic E-state index is -4.15. The lowest BCUT2D eigenvalue weighted by Crippen LogP contribution is -2.35. The number of anilines is 1. The van der Waals surface area contributed by atoms with Crippen molar-refractivity contribution in [2.75, 3.05) is 38.1 Å². The van der Waals surface area contributed by atoms with Gasteiger partial charge in [0.2, 0.25) is 0 Å². The van der Waals surface area contributed by atoms with Crippen LogP contribution in [0.15, 0.2) is 46.1 Å². The summed E-state index contributed by atoms with van der Waals surface area (Å²) >= 11 is 0. The molecule has 0 aliphatic rings. The highest BCUT2D eigenvalue weighted by Gasteiger charge is 2.22. The first kappa shape index (κ1) is 34.3. The van der Waals surface area contributed by atoms with E-state index in [0.717, 1.165) is 19.3 Å². The second kappa shape index (κ2) is 15.1. The van der Waals surface area contributed by atoms with E-state index in [1.165, 1.54) is 42.0 Å². The normalized spacial score (nSPS) is 11.4. The monoisotopic (exact) mass is 654 g/mol. The average Bonchev–Trinajstić information content (AvgIpc) is 3.35. The van der Waals surface area contributed by atoms with E-state index in [1.807, 2.05) is 13.8 Å². The SMILES string of the molecule is CCCCN(CC)C(=O)COc1cc(NS(=O)(=O)c2ccc(OCC)c(-c3nn4c(CCC)nc(C)c4c(=O)[nH]3)c2)ccc1OC. The Morgan fingerprint density at radius 3 is 2.46 bits per heavy atom. The Morgan fingerprint density at radius 2 is 1.78 bits per heavy atom. The summed E-state index contributed by atoms with van der Waals surface area (Å²) in [7, 11) is -2.69. The predicted octanol–water partition coefficient (Wildman–Crippen LogP) is 4.58. The van der Waals surface area contributed by atoms with E-state index in [-0.39, 0.29) is 34.7 Å². The number of ether oxygens (including phenoxy) is 3. The van der Waals surface area contributed by atoms with Gasteiger partial charge in [-0.2, -0.15) is 0 Å². The molecule has 0 bridgehead atoms. The number of benzene rings is 2. The zero-order valence-electron chi connectivity index (χ0n) is 27.2. The predicted molar refractivity (Wildman–Crippen MR) is 175 cm³/mol. The van der Waals surface area contributed by atoms with E-state index >= 15 is 0 Å². The third-order valence-electron chi connectivity index (χ3n) is 7.32. The standard InChI is InChI=1S/C32H42N6O7S/c1-7-11-17-37(9-3)29(39)20-45-27-18-22(13-15-26(27)43-6)36-46(41,42)23-14-16-25(44-10-4)24(19-23)31-34-32(40)30-21(5)33-28(12-8-2)38(30)35-31/h13-16,18-19,36H,7-12,17,20H2,1-6H3,(H,34,35,40). The van der Waals surface area contributed by atoms with Gasteiger partial charge in [-0.3, -0.25) is 14.3 Å². The molecule has 4 aromatic rings. The number of nitrogens with zero attached hydrogens (tertiary/aromatic N) is 4. The Labute approximate surface area is 268 Å². The molecular formula is C32H42N6O7S. The Balaban J connectivity index is 1.66. The van der Waals surface area contributed by atoms with Crippen LogP contribution < -0.4 is 24.5 Å². The van der Waals surface area contributed by atoms with Crippen LogP contribution in [-0.4, -0.2) is 72.2 Å². The second-order valence-corrected chi connectivity index (χ2v) is 12.3. The summed E-state index contributed by atoms with van der Waals surface area (Å²) in [5.41, 5.74) is 0.975. The zero-order valence-corrected chi connectivity index (χ0v) is 28.0. The third kappa shape index (κ3) is 7.61. The van der Waals surface area contributed by atoms with Gasteiger partial charge in [-0.05, 0) is 63.9 Å². The number of aromatic amines is 1. The van der Waals surface area contributed by atoms with Crippen molar-refractivity contribution in [2.45, 2.75) is 65.2 Å². The van der Waals surface area contributed by atoms with Crippen LogP contribution in [0.4, 0.5) is 5.69 Å². The van der Waals surface area contributed by atoms with Crippen molar-refractivity contribution in [1.82, 2.24) is 24.5 Å². The number of nitrogens with one attached hydrogen (secondary N) is 2. The van der Waals surface area contributed by atoms with Crippen LogP contribution in [0.5, 0.6) is 17.2 Å². The summed E-state index contributed by atoms with van der Waals surface area (Å²) in [6, 6.07) is 8.88. The van der Waals surface area contributed by atoms with Crippen molar-refractivity contribution < 1.29 is 27.4 Å². The molecule has 0 aliphatic carbocycles. The van der Waals surface area contributed by atoms with Crippen molar-refractivity contribution in [3.05, 3.63) is 58.3 Å². The van der Waals surface area contributed by atoms with Gasteiger partial charge in [0.15, 0.2) is 29.4 Å². The molecule has 2 aromatic carbocycles. The van der Waals surface area contributed by atoms with Crippen LogP contribution in [0.1, 0.15) is 58.5 Å². The van der Waals surface area contributed by atoms with Crippen LogP contribution >= 0.6 is 0 Å². The molecule has 0 radical (unpaired) electrons. The fourth-order valence-electron chi connectivity index (χ4n) is 4.99. The van der Waals surface area contributed by atoms with E-state index in [2.05, 4.69) is 26.7 Å². The number of hydrogen-bond acceptors (Lipinski definition) is 9. The number of methoxy groups -OCH3 is 1. The Hall–Kier alpha value is -4.59. The maximum absolute atomic E-state index is 13.6. The molecule has 14 heteroatoms. The minimum absolute atomic E-state index is 0.0905. The molecule has 2 N–H and O–H groups in total. The fourth-order valence-corrected chi connectivity index (χ4v) is 6.07. The van der Waals surface area contributed by atoms with Crippen LogP contribution in [-0.2, 0) is 21.2 Å². The maximum Gasteiger partial charge on any atom is 0.277 e. The fraction of sp³-hybridized carbons (Fsp3) is 0.438. The number of sulfonamides is 1. The first-order valence-corrected chi connectivity index (χ1v) is 16.9. The van der Waals surface area contributed by atoms with Gasteiger partial charge in [0.05, 0.1) is 35.6 Å². The van der Waals surface area contributed by atoms with Crippen molar-refractivity contribution >= 4 is 27.1 Å². The summed E-state index contributed by atoms with van der Waals surface area (Å²) in [5, 5.41) is 4.64.